The molecule has 9 nitrogen and oxygen atoms in total. The molecule has 2 aromatic heterocycles. The molecule has 0 unspecified atom stereocenters. The second-order valence-corrected chi connectivity index (χ2v) is 12.4. The minimum atomic E-state index is -0.695. The van der Waals surface area contributed by atoms with Crippen molar-refractivity contribution in [3.63, 3.8) is 0 Å². The number of nitrogens with one attached hydrogen (secondary N) is 1. The number of likely N-dealkylation sites (tertiary alicyclic amines) is 1. The number of rotatable bonds is 5. The summed E-state index contributed by atoms with van der Waals surface area (Å²) in [6.45, 7) is 7.87. The quantitative estimate of drug-likeness (QED) is 0.342. The van der Waals surface area contributed by atoms with Gasteiger partial charge in [0.2, 0.25) is 11.9 Å². The summed E-state index contributed by atoms with van der Waals surface area (Å²) in [6, 6.07) is 4.88. The van der Waals surface area contributed by atoms with Crippen LogP contribution in [-0.2, 0) is 4.79 Å². The van der Waals surface area contributed by atoms with Gasteiger partial charge in [-0.15, -0.1) is 0 Å². The summed E-state index contributed by atoms with van der Waals surface area (Å²) >= 11 is 6.75. The Hall–Kier alpha value is -3.83. The van der Waals surface area contributed by atoms with Crippen molar-refractivity contribution in [1.82, 2.24) is 30.0 Å². The number of aromatic nitrogens is 4. The van der Waals surface area contributed by atoms with Crippen molar-refractivity contribution in [2.45, 2.75) is 18.9 Å². The third-order valence-corrected chi connectivity index (χ3v) is 9.50. The molecule has 2 aromatic carbocycles. The number of piperidine rings is 1. The zero-order chi connectivity index (χ0) is 29.3. The molecule has 12 heteroatoms. The van der Waals surface area contributed by atoms with Crippen molar-refractivity contribution in [2.75, 3.05) is 63.2 Å². The van der Waals surface area contributed by atoms with Crippen molar-refractivity contribution in [2.24, 2.45) is 5.41 Å². The van der Waals surface area contributed by atoms with Crippen molar-refractivity contribution in [1.29, 1.82) is 0 Å². The first-order chi connectivity index (χ1) is 20.2. The molecule has 0 atom stereocenters. The molecule has 0 aliphatic carbocycles. The molecule has 1 N–H and O–H groups in total. The summed E-state index contributed by atoms with van der Waals surface area (Å²) in [5.74, 6) is -0.287. The SMILES string of the molecule is C=CC(=O)N1CC2(CCN(c3nc(N4CC(N(C)C)C4)nc4c(F)c(-c5c(F)ccc6cn[nH]c56)c(Cl)cc34)CC2)C1. The minimum absolute atomic E-state index is 0.0243. The lowest BCUT2D eigenvalue weighted by atomic mass is 9.72. The van der Waals surface area contributed by atoms with E-state index in [1.807, 2.05) is 23.9 Å². The molecule has 5 heterocycles. The standard InChI is InChI=1S/C30H31ClF2N8O/c1-4-22(42)41-15-30(16-41)7-9-39(10-8-30)28-19-11-20(31)23(24-21(32)6-5-17-12-34-37-26(17)24)25(33)27(19)35-29(36-28)40-13-18(14-40)38(2)3/h4-6,11-12,18H,1,7-10,13-16H2,2-3H3,(H,34,37). The minimum Gasteiger partial charge on any atom is -0.356 e. The van der Waals surface area contributed by atoms with Gasteiger partial charge in [0.15, 0.2) is 5.82 Å². The Morgan fingerprint density at radius 1 is 1.14 bits per heavy atom. The van der Waals surface area contributed by atoms with Gasteiger partial charge in [-0.3, -0.25) is 9.89 Å². The molecule has 3 saturated heterocycles. The van der Waals surface area contributed by atoms with Crippen LogP contribution in [0.3, 0.4) is 0 Å². The second-order valence-electron chi connectivity index (χ2n) is 12.0. The Balaban J connectivity index is 1.30. The first-order valence-corrected chi connectivity index (χ1v) is 14.5. The molecule has 42 heavy (non-hydrogen) atoms. The number of halogens is 3. The van der Waals surface area contributed by atoms with Crippen LogP contribution in [0, 0.1) is 17.0 Å². The Labute approximate surface area is 246 Å². The number of aromatic amines is 1. The number of hydrogen-bond acceptors (Lipinski definition) is 7. The number of nitrogens with zero attached hydrogens (tertiary/aromatic N) is 7. The maximum Gasteiger partial charge on any atom is 0.245 e. The molecule has 1 amide bonds. The molecular formula is C30H31ClF2N8O. The molecule has 1 spiro atoms. The summed E-state index contributed by atoms with van der Waals surface area (Å²) in [5, 5.41) is 8.01. The molecule has 218 valence electrons. The van der Waals surface area contributed by atoms with Crippen LogP contribution in [0.15, 0.2) is 37.1 Å². The van der Waals surface area contributed by atoms with Crippen LogP contribution in [0.2, 0.25) is 5.02 Å². The third kappa shape index (κ3) is 4.20. The fourth-order valence-electron chi connectivity index (χ4n) is 6.51. The number of hydrogen-bond donors (Lipinski definition) is 1. The van der Waals surface area contributed by atoms with Crippen molar-refractivity contribution < 1.29 is 13.6 Å². The van der Waals surface area contributed by atoms with Gasteiger partial charge in [-0.05, 0) is 51.2 Å². The lowest BCUT2D eigenvalue weighted by Gasteiger charge is -2.54. The Morgan fingerprint density at radius 2 is 1.88 bits per heavy atom. The first kappa shape index (κ1) is 27.0. The third-order valence-electron chi connectivity index (χ3n) is 9.21. The van der Waals surface area contributed by atoms with Crippen LogP contribution in [0.25, 0.3) is 32.9 Å². The molecule has 3 fully saturated rings. The van der Waals surface area contributed by atoms with Crippen LogP contribution in [-0.4, -0.2) is 95.3 Å². The van der Waals surface area contributed by atoms with E-state index < -0.39 is 11.6 Å². The van der Waals surface area contributed by atoms with E-state index in [-0.39, 0.29) is 33.0 Å². The zero-order valence-electron chi connectivity index (χ0n) is 23.5. The van der Waals surface area contributed by atoms with E-state index in [1.54, 1.807) is 18.3 Å². The highest BCUT2D eigenvalue weighted by molar-refractivity contribution is 6.35. The highest BCUT2D eigenvalue weighted by Crippen LogP contribution is 2.45. The summed E-state index contributed by atoms with van der Waals surface area (Å²) in [6.07, 6.45) is 4.68. The monoisotopic (exact) mass is 592 g/mol. The summed E-state index contributed by atoms with van der Waals surface area (Å²) in [7, 11) is 4.06. The summed E-state index contributed by atoms with van der Waals surface area (Å²) in [4.78, 5) is 29.8. The maximum absolute atomic E-state index is 16.6. The lowest BCUT2D eigenvalue weighted by molar-refractivity contribution is -0.139. The van der Waals surface area contributed by atoms with Crippen LogP contribution in [0.1, 0.15) is 12.8 Å². The highest BCUT2D eigenvalue weighted by Gasteiger charge is 2.46. The van der Waals surface area contributed by atoms with Crippen LogP contribution in [0.5, 0.6) is 0 Å². The van der Waals surface area contributed by atoms with E-state index >= 15 is 8.78 Å². The Morgan fingerprint density at radius 3 is 2.57 bits per heavy atom. The smallest absolute Gasteiger partial charge is 0.245 e. The van der Waals surface area contributed by atoms with Crippen LogP contribution < -0.4 is 9.80 Å². The van der Waals surface area contributed by atoms with Crippen molar-refractivity contribution >= 4 is 51.1 Å². The van der Waals surface area contributed by atoms with Gasteiger partial charge in [0.05, 0.1) is 16.7 Å². The van der Waals surface area contributed by atoms with Gasteiger partial charge in [0, 0.05) is 72.6 Å². The van der Waals surface area contributed by atoms with Gasteiger partial charge in [-0.2, -0.15) is 10.1 Å². The van der Waals surface area contributed by atoms with Crippen LogP contribution in [0.4, 0.5) is 20.5 Å². The van der Waals surface area contributed by atoms with E-state index in [0.29, 0.717) is 47.2 Å². The zero-order valence-corrected chi connectivity index (χ0v) is 24.3. The van der Waals surface area contributed by atoms with Crippen molar-refractivity contribution in [3.8, 4) is 11.1 Å². The average molecular weight is 593 g/mol. The van der Waals surface area contributed by atoms with Gasteiger partial charge < -0.3 is 19.6 Å². The normalized spacial score (nSPS) is 18.7. The average Bonchev–Trinajstić information content (AvgIpc) is 3.40. The van der Waals surface area contributed by atoms with E-state index in [0.717, 1.165) is 39.0 Å². The molecule has 3 aliphatic heterocycles. The largest absolute Gasteiger partial charge is 0.356 e. The van der Waals surface area contributed by atoms with E-state index in [1.165, 1.54) is 12.1 Å². The molecular weight excluding hydrogens is 562 g/mol. The Bertz CT molecular complexity index is 1730. The number of fused-ring (bicyclic) bond motifs is 2. The predicted molar refractivity (Wildman–Crippen MR) is 160 cm³/mol. The molecule has 3 aliphatic rings. The van der Waals surface area contributed by atoms with Crippen molar-refractivity contribution in [3.05, 3.63) is 53.7 Å². The number of H-pyrrole nitrogens is 1. The van der Waals surface area contributed by atoms with Gasteiger partial charge in [0.25, 0.3) is 0 Å². The number of amides is 1. The number of carbonyl (C=O) groups excluding carboxylic acids is 1. The summed E-state index contributed by atoms with van der Waals surface area (Å²) < 4.78 is 31.9. The highest BCUT2D eigenvalue weighted by atomic mass is 35.5. The number of likely N-dealkylation sites (N-methyl/N-ethyl adjacent to an activating group) is 1. The first-order valence-electron chi connectivity index (χ1n) is 14.1. The lowest BCUT2D eigenvalue weighted by Crippen LogP contribution is -2.61. The molecule has 7 rings (SSSR count). The second kappa shape index (κ2) is 9.88. The van der Waals surface area contributed by atoms with Gasteiger partial charge in [-0.1, -0.05) is 18.2 Å². The summed E-state index contributed by atoms with van der Waals surface area (Å²) in [5.41, 5.74) is 0.516. The number of anilines is 2. The van der Waals surface area contributed by atoms with E-state index in [4.69, 9.17) is 21.6 Å². The van der Waals surface area contributed by atoms with Gasteiger partial charge >= 0.3 is 0 Å². The Kier molecular flexibility index (Phi) is 6.36. The molecule has 0 bridgehead atoms. The molecule has 0 radical (unpaired) electrons. The number of carbonyl (C=O) groups is 1. The fourth-order valence-corrected chi connectivity index (χ4v) is 6.80. The van der Waals surface area contributed by atoms with Gasteiger partial charge in [0.1, 0.15) is 17.2 Å². The maximum atomic E-state index is 16.6. The topological polar surface area (TPSA) is 84.5 Å². The molecule has 4 aromatic rings. The van der Waals surface area contributed by atoms with E-state index in [2.05, 4.69) is 26.6 Å². The number of benzene rings is 2. The molecule has 0 saturated carbocycles. The van der Waals surface area contributed by atoms with Crippen LogP contribution >= 0.6 is 11.6 Å². The van der Waals surface area contributed by atoms with E-state index in [9.17, 15) is 4.79 Å². The fraction of sp³-hybridized carbons (Fsp3) is 0.400. The van der Waals surface area contributed by atoms with Gasteiger partial charge in [-0.25, -0.2) is 13.8 Å². The predicted octanol–water partition coefficient (Wildman–Crippen LogP) is 4.47.